The molecule has 2 aromatic rings. The van der Waals surface area contributed by atoms with Crippen LogP contribution in [-0.2, 0) is 6.42 Å². The van der Waals surface area contributed by atoms with Gasteiger partial charge in [0.1, 0.15) is 5.69 Å². The molecule has 0 aliphatic carbocycles. The Morgan fingerprint density at radius 2 is 2.23 bits per heavy atom. The molecular formula is C16H21N5O. The van der Waals surface area contributed by atoms with E-state index < -0.39 is 0 Å². The summed E-state index contributed by atoms with van der Waals surface area (Å²) in [6.45, 7) is 3.74. The number of aromatic amines is 1. The van der Waals surface area contributed by atoms with Gasteiger partial charge in [-0.3, -0.25) is 4.79 Å². The number of piperidine rings is 1. The van der Waals surface area contributed by atoms with Crippen molar-refractivity contribution in [1.82, 2.24) is 20.3 Å². The Hall–Kier alpha value is -2.37. The molecule has 0 spiro atoms. The van der Waals surface area contributed by atoms with Crippen molar-refractivity contribution in [2.75, 3.05) is 18.0 Å². The summed E-state index contributed by atoms with van der Waals surface area (Å²) in [5.74, 6) is 0.690. The van der Waals surface area contributed by atoms with Crippen LogP contribution in [0.15, 0.2) is 30.6 Å². The van der Waals surface area contributed by atoms with Gasteiger partial charge in [-0.25, -0.2) is 9.97 Å². The smallest absolute Gasteiger partial charge is 0.267 e. The molecule has 3 rings (SSSR count). The largest absolute Gasteiger partial charge is 0.354 e. The quantitative estimate of drug-likeness (QED) is 0.902. The Labute approximate surface area is 130 Å². The maximum absolute atomic E-state index is 12.3. The lowest BCUT2D eigenvalue weighted by Crippen LogP contribution is -2.48. The van der Waals surface area contributed by atoms with E-state index in [0.717, 1.165) is 44.0 Å². The average Bonchev–Trinajstić information content (AvgIpc) is 3.05. The molecule has 1 saturated heterocycles. The number of H-pyrrole nitrogens is 1. The minimum atomic E-state index is -0.0412. The first-order valence-corrected chi connectivity index (χ1v) is 7.77. The van der Waals surface area contributed by atoms with E-state index in [4.69, 9.17) is 0 Å². The summed E-state index contributed by atoms with van der Waals surface area (Å²) in [5, 5.41) is 3.10. The van der Waals surface area contributed by atoms with Crippen molar-refractivity contribution in [2.45, 2.75) is 32.2 Å². The number of carbonyl (C=O) groups is 1. The molecule has 1 fully saturated rings. The van der Waals surface area contributed by atoms with E-state index in [1.165, 1.54) is 0 Å². The van der Waals surface area contributed by atoms with Gasteiger partial charge >= 0.3 is 0 Å². The lowest BCUT2D eigenvalue weighted by Gasteiger charge is -2.33. The highest BCUT2D eigenvalue weighted by molar-refractivity contribution is 5.92. The minimum Gasteiger partial charge on any atom is -0.354 e. The standard InChI is InChI=1S/C16H21N5O/c1-2-12-6-7-14(19-12)15(22)20-13-5-3-10-21(11-13)16-17-8-4-9-18-16/h4,6-9,13,19H,2-3,5,10-11H2,1H3,(H,20,22). The van der Waals surface area contributed by atoms with Gasteiger partial charge in [0.2, 0.25) is 5.95 Å². The Kier molecular flexibility index (Phi) is 4.37. The minimum absolute atomic E-state index is 0.0412. The number of carbonyl (C=O) groups excluding carboxylic acids is 1. The first-order valence-electron chi connectivity index (χ1n) is 7.77. The van der Waals surface area contributed by atoms with E-state index in [1.807, 2.05) is 18.2 Å². The zero-order chi connectivity index (χ0) is 15.4. The first kappa shape index (κ1) is 14.6. The monoisotopic (exact) mass is 299 g/mol. The number of rotatable bonds is 4. The van der Waals surface area contributed by atoms with Gasteiger partial charge in [-0.1, -0.05) is 6.92 Å². The zero-order valence-electron chi connectivity index (χ0n) is 12.7. The molecular weight excluding hydrogens is 278 g/mol. The van der Waals surface area contributed by atoms with Crippen molar-refractivity contribution in [3.63, 3.8) is 0 Å². The lowest BCUT2D eigenvalue weighted by atomic mass is 10.1. The summed E-state index contributed by atoms with van der Waals surface area (Å²) in [6, 6.07) is 5.73. The summed E-state index contributed by atoms with van der Waals surface area (Å²) >= 11 is 0. The molecule has 1 amide bonds. The maximum atomic E-state index is 12.3. The van der Waals surface area contributed by atoms with Crippen LogP contribution in [0.4, 0.5) is 5.95 Å². The topological polar surface area (TPSA) is 73.9 Å². The third-order valence-corrected chi connectivity index (χ3v) is 3.96. The summed E-state index contributed by atoms with van der Waals surface area (Å²) in [6.07, 6.45) is 6.39. The van der Waals surface area contributed by atoms with Crippen molar-refractivity contribution in [1.29, 1.82) is 0 Å². The predicted molar refractivity (Wildman–Crippen MR) is 84.9 cm³/mol. The van der Waals surface area contributed by atoms with E-state index in [9.17, 15) is 4.79 Å². The van der Waals surface area contributed by atoms with Gasteiger partial charge in [-0.2, -0.15) is 0 Å². The number of nitrogens with one attached hydrogen (secondary N) is 2. The highest BCUT2D eigenvalue weighted by Crippen LogP contribution is 2.15. The lowest BCUT2D eigenvalue weighted by molar-refractivity contribution is 0.0928. The van der Waals surface area contributed by atoms with Gasteiger partial charge in [-0.15, -0.1) is 0 Å². The van der Waals surface area contributed by atoms with Crippen LogP contribution in [-0.4, -0.2) is 40.0 Å². The normalized spacial score (nSPS) is 18.2. The molecule has 0 bridgehead atoms. The molecule has 0 radical (unpaired) electrons. The van der Waals surface area contributed by atoms with Crippen LogP contribution in [0.1, 0.15) is 35.9 Å². The molecule has 116 valence electrons. The molecule has 0 aromatic carbocycles. The molecule has 2 aromatic heterocycles. The van der Waals surface area contributed by atoms with Crippen molar-refractivity contribution < 1.29 is 4.79 Å². The van der Waals surface area contributed by atoms with Crippen LogP contribution in [0.3, 0.4) is 0 Å². The summed E-state index contributed by atoms with van der Waals surface area (Å²) in [5.41, 5.74) is 1.71. The van der Waals surface area contributed by atoms with E-state index in [2.05, 4.69) is 32.1 Å². The third kappa shape index (κ3) is 3.27. The number of nitrogens with zero attached hydrogens (tertiary/aromatic N) is 3. The summed E-state index contributed by atoms with van der Waals surface area (Å²) in [7, 11) is 0. The molecule has 2 N–H and O–H groups in total. The van der Waals surface area contributed by atoms with Crippen molar-refractivity contribution in [2.24, 2.45) is 0 Å². The van der Waals surface area contributed by atoms with Gasteiger partial charge in [0.25, 0.3) is 5.91 Å². The molecule has 1 unspecified atom stereocenters. The maximum Gasteiger partial charge on any atom is 0.267 e. The number of amides is 1. The van der Waals surface area contributed by atoms with E-state index in [0.29, 0.717) is 5.69 Å². The molecule has 22 heavy (non-hydrogen) atoms. The number of aryl methyl sites for hydroxylation is 1. The van der Waals surface area contributed by atoms with Gasteiger partial charge in [0.15, 0.2) is 0 Å². The van der Waals surface area contributed by atoms with Crippen molar-refractivity contribution in [3.8, 4) is 0 Å². The molecule has 0 saturated carbocycles. The summed E-state index contributed by atoms with van der Waals surface area (Å²) < 4.78 is 0. The Bertz CT molecular complexity index is 624. The van der Waals surface area contributed by atoms with Crippen molar-refractivity contribution in [3.05, 3.63) is 42.0 Å². The molecule has 1 atom stereocenters. The number of hydrogen-bond donors (Lipinski definition) is 2. The predicted octanol–water partition coefficient (Wildman–Crippen LogP) is 1.77. The second-order valence-corrected chi connectivity index (χ2v) is 5.56. The fraction of sp³-hybridized carbons (Fsp3) is 0.438. The molecule has 6 nitrogen and oxygen atoms in total. The average molecular weight is 299 g/mol. The van der Waals surface area contributed by atoms with E-state index in [-0.39, 0.29) is 11.9 Å². The van der Waals surface area contributed by atoms with Crippen molar-refractivity contribution >= 4 is 11.9 Å². The zero-order valence-corrected chi connectivity index (χ0v) is 12.7. The first-order chi connectivity index (χ1) is 10.8. The molecule has 6 heteroatoms. The van der Waals surface area contributed by atoms with Crippen LogP contribution >= 0.6 is 0 Å². The van der Waals surface area contributed by atoms with E-state index in [1.54, 1.807) is 12.4 Å². The molecule has 3 heterocycles. The molecule has 1 aliphatic rings. The highest BCUT2D eigenvalue weighted by Gasteiger charge is 2.23. The second-order valence-electron chi connectivity index (χ2n) is 5.56. The van der Waals surface area contributed by atoms with Gasteiger partial charge < -0.3 is 15.2 Å². The third-order valence-electron chi connectivity index (χ3n) is 3.96. The van der Waals surface area contributed by atoms with Gasteiger partial charge in [-0.05, 0) is 37.5 Å². The Balaban J connectivity index is 1.61. The van der Waals surface area contributed by atoms with Crippen LogP contribution in [0.2, 0.25) is 0 Å². The van der Waals surface area contributed by atoms with Crippen LogP contribution in [0, 0.1) is 0 Å². The summed E-state index contributed by atoms with van der Waals surface area (Å²) in [4.78, 5) is 26.1. The Morgan fingerprint density at radius 3 is 2.95 bits per heavy atom. The van der Waals surface area contributed by atoms with Gasteiger partial charge in [0, 0.05) is 37.2 Å². The van der Waals surface area contributed by atoms with Crippen LogP contribution in [0.5, 0.6) is 0 Å². The Morgan fingerprint density at radius 1 is 1.41 bits per heavy atom. The van der Waals surface area contributed by atoms with Crippen LogP contribution < -0.4 is 10.2 Å². The van der Waals surface area contributed by atoms with Crippen LogP contribution in [0.25, 0.3) is 0 Å². The van der Waals surface area contributed by atoms with Gasteiger partial charge in [0.05, 0.1) is 0 Å². The van der Waals surface area contributed by atoms with E-state index >= 15 is 0 Å². The number of aromatic nitrogens is 3. The fourth-order valence-corrected chi connectivity index (χ4v) is 2.77. The SMILES string of the molecule is CCc1ccc(C(=O)NC2CCCN(c3ncccn3)C2)[nH]1. The molecule has 1 aliphatic heterocycles. The number of anilines is 1. The highest BCUT2D eigenvalue weighted by atomic mass is 16.1. The second kappa shape index (κ2) is 6.60. The fourth-order valence-electron chi connectivity index (χ4n) is 2.77. The number of hydrogen-bond acceptors (Lipinski definition) is 4.